The second-order valence-electron chi connectivity index (χ2n) is 5.70. The van der Waals surface area contributed by atoms with Crippen molar-refractivity contribution in [3.8, 4) is 5.69 Å². The van der Waals surface area contributed by atoms with Gasteiger partial charge in [0, 0.05) is 12.3 Å². The first-order valence-electron chi connectivity index (χ1n) is 8.17. The third-order valence-electron chi connectivity index (χ3n) is 3.74. The molecule has 1 heterocycles. The van der Waals surface area contributed by atoms with Crippen molar-refractivity contribution in [2.24, 2.45) is 0 Å². The molecule has 5 nitrogen and oxygen atoms in total. The first-order valence-corrected chi connectivity index (χ1v) is 8.93. The second-order valence-corrected chi connectivity index (χ2v) is 6.52. The van der Waals surface area contributed by atoms with Crippen LogP contribution >= 0.6 is 23.2 Å². The summed E-state index contributed by atoms with van der Waals surface area (Å²) in [6, 6.07) is 17.1. The lowest BCUT2D eigenvalue weighted by Gasteiger charge is -2.05. The second kappa shape index (κ2) is 8.85. The Labute approximate surface area is 161 Å². The Hall–Kier alpha value is -2.34. The van der Waals surface area contributed by atoms with E-state index < -0.39 is 0 Å². The van der Waals surface area contributed by atoms with E-state index in [0.717, 1.165) is 18.7 Å². The average molecular weight is 389 g/mol. The van der Waals surface area contributed by atoms with E-state index in [1.165, 1.54) is 5.56 Å². The molecule has 0 aliphatic rings. The zero-order valence-corrected chi connectivity index (χ0v) is 15.5. The molecule has 2 N–H and O–H groups in total. The number of hydrogen-bond acceptors (Lipinski definition) is 3. The van der Waals surface area contributed by atoms with Gasteiger partial charge in [-0.15, -0.1) is 0 Å². The van der Waals surface area contributed by atoms with E-state index in [1.54, 1.807) is 35.1 Å². The van der Waals surface area contributed by atoms with Crippen LogP contribution in [0.1, 0.15) is 5.56 Å². The molecule has 0 spiro atoms. The molecule has 3 aromatic rings. The summed E-state index contributed by atoms with van der Waals surface area (Å²) in [5, 5.41) is 11.1. The van der Waals surface area contributed by atoms with Gasteiger partial charge in [0.25, 0.3) is 0 Å². The highest BCUT2D eigenvalue weighted by atomic mass is 35.5. The summed E-state index contributed by atoms with van der Waals surface area (Å²) in [6.45, 7) is 0.960. The van der Waals surface area contributed by atoms with Gasteiger partial charge in [-0.25, -0.2) is 4.68 Å². The summed E-state index contributed by atoms with van der Waals surface area (Å²) in [7, 11) is 0. The number of anilines is 1. The van der Waals surface area contributed by atoms with Crippen LogP contribution in [0.4, 0.5) is 5.82 Å². The minimum atomic E-state index is -0.141. The van der Waals surface area contributed by atoms with Crippen molar-refractivity contribution in [3.05, 3.63) is 76.4 Å². The number of carbonyl (C=O) groups is 1. The largest absolute Gasteiger partial charge is 0.308 e. The Kier molecular flexibility index (Phi) is 6.28. The highest BCUT2D eigenvalue weighted by Crippen LogP contribution is 2.24. The minimum absolute atomic E-state index is 0.141. The number of aromatic nitrogens is 2. The van der Waals surface area contributed by atoms with Crippen LogP contribution in [0.25, 0.3) is 5.69 Å². The molecule has 0 aliphatic heterocycles. The lowest BCUT2D eigenvalue weighted by atomic mass is 10.1. The first-order chi connectivity index (χ1) is 12.6. The van der Waals surface area contributed by atoms with E-state index in [0.29, 0.717) is 15.9 Å². The summed E-state index contributed by atoms with van der Waals surface area (Å²) in [4.78, 5) is 12.0. The van der Waals surface area contributed by atoms with Crippen LogP contribution in [0.3, 0.4) is 0 Å². The van der Waals surface area contributed by atoms with Crippen molar-refractivity contribution in [3.63, 3.8) is 0 Å². The molecule has 26 heavy (non-hydrogen) atoms. The lowest BCUT2D eigenvalue weighted by molar-refractivity contribution is -0.115. The molecule has 2 aromatic carbocycles. The van der Waals surface area contributed by atoms with Crippen molar-refractivity contribution in [2.45, 2.75) is 6.42 Å². The van der Waals surface area contributed by atoms with E-state index in [1.807, 2.05) is 18.2 Å². The van der Waals surface area contributed by atoms with Gasteiger partial charge in [0.1, 0.15) is 0 Å². The van der Waals surface area contributed by atoms with E-state index in [4.69, 9.17) is 23.2 Å². The smallest absolute Gasteiger partial charge is 0.239 e. The van der Waals surface area contributed by atoms with Crippen molar-refractivity contribution >= 4 is 34.9 Å². The van der Waals surface area contributed by atoms with Gasteiger partial charge < -0.3 is 10.6 Å². The number of hydrogen-bond donors (Lipinski definition) is 2. The third-order valence-corrected chi connectivity index (χ3v) is 4.48. The molecule has 0 fully saturated rings. The molecular formula is C19H18Cl2N4O. The Morgan fingerprint density at radius 1 is 1.04 bits per heavy atom. The average Bonchev–Trinajstić information content (AvgIpc) is 3.10. The number of rotatable bonds is 7. The minimum Gasteiger partial charge on any atom is -0.308 e. The molecule has 3 rings (SSSR count). The van der Waals surface area contributed by atoms with E-state index >= 15 is 0 Å². The molecule has 0 saturated carbocycles. The summed E-state index contributed by atoms with van der Waals surface area (Å²) < 4.78 is 1.63. The molecule has 1 aromatic heterocycles. The zero-order valence-electron chi connectivity index (χ0n) is 14.0. The number of amides is 1. The zero-order chi connectivity index (χ0) is 18.4. The molecule has 134 valence electrons. The fraction of sp³-hybridized carbons (Fsp3) is 0.158. The van der Waals surface area contributed by atoms with Crippen molar-refractivity contribution in [1.29, 1.82) is 0 Å². The lowest BCUT2D eigenvalue weighted by Crippen LogP contribution is -2.29. The maximum absolute atomic E-state index is 12.0. The van der Waals surface area contributed by atoms with Crippen LogP contribution in [-0.4, -0.2) is 28.8 Å². The Morgan fingerprint density at radius 3 is 2.62 bits per heavy atom. The van der Waals surface area contributed by atoms with Crippen LogP contribution in [0.2, 0.25) is 10.0 Å². The molecule has 0 atom stereocenters. The quantitative estimate of drug-likeness (QED) is 0.602. The van der Waals surface area contributed by atoms with Crippen molar-refractivity contribution < 1.29 is 4.79 Å². The van der Waals surface area contributed by atoms with Gasteiger partial charge in [0.15, 0.2) is 5.82 Å². The monoisotopic (exact) mass is 388 g/mol. The molecule has 0 radical (unpaired) electrons. The number of halogens is 2. The Bertz CT molecular complexity index is 880. The molecule has 0 bridgehead atoms. The van der Waals surface area contributed by atoms with Gasteiger partial charge in [-0.05, 0) is 36.7 Å². The van der Waals surface area contributed by atoms with Crippen LogP contribution in [-0.2, 0) is 11.2 Å². The SMILES string of the molecule is O=C(CNCCc1ccccc1)Nc1ccn(-c2ccc(Cl)c(Cl)c2)n1. The van der Waals surface area contributed by atoms with E-state index in [2.05, 4.69) is 27.9 Å². The van der Waals surface area contributed by atoms with Crippen LogP contribution in [0, 0.1) is 0 Å². The summed E-state index contributed by atoms with van der Waals surface area (Å²) in [5.41, 5.74) is 2.00. The predicted molar refractivity (Wildman–Crippen MR) is 105 cm³/mol. The third kappa shape index (κ3) is 5.08. The summed E-state index contributed by atoms with van der Waals surface area (Å²) >= 11 is 11.9. The Morgan fingerprint density at radius 2 is 1.85 bits per heavy atom. The number of nitrogens with one attached hydrogen (secondary N) is 2. The standard InChI is InChI=1S/C19H18Cl2N4O/c20-16-7-6-15(12-17(16)21)25-11-9-18(24-25)23-19(26)13-22-10-8-14-4-2-1-3-5-14/h1-7,9,11-12,22H,8,10,13H2,(H,23,24,26). The fourth-order valence-corrected chi connectivity index (χ4v) is 2.72. The van der Waals surface area contributed by atoms with Crippen molar-refractivity contribution in [1.82, 2.24) is 15.1 Å². The summed E-state index contributed by atoms with van der Waals surface area (Å²) in [6.07, 6.45) is 2.62. The first kappa shape index (κ1) is 18.5. The van der Waals surface area contributed by atoms with Gasteiger partial charge in [0.05, 0.1) is 22.3 Å². The number of benzene rings is 2. The van der Waals surface area contributed by atoms with Crippen LogP contribution in [0.15, 0.2) is 60.8 Å². The number of carbonyl (C=O) groups excluding carboxylic acids is 1. The van der Waals surface area contributed by atoms with Gasteiger partial charge in [0.2, 0.25) is 5.91 Å². The van der Waals surface area contributed by atoms with Gasteiger partial charge in [-0.2, -0.15) is 5.10 Å². The predicted octanol–water partition coefficient (Wildman–Crippen LogP) is 3.95. The molecule has 0 unspecified atom stereocenters. The van der Waals surface area contributed by atoms with Gasteiger partial charge >= 0.3 is 0 Å². The Balaban J connectivity index is 1.47. The van der Waals surface area contributed by atoms with Crippen molar-refractivity contribution in [2.75, 3.05) is 18.4 Å². The van der Waals surface area contributed by atoms with E-state index in [-0.39, 0.29) is 12.5 Å². The molecule has 0 saturated heterocycles. The summed E-state index contributed by atoms with van der Waals surface area (Å²) in [5.74, 6) is 0.336. The van der Waals surface area contributed by atoms with E-state index in [9.17, 15) is 4.79 Å². The maximum Gasteiger partial charge on any atom is 0.239 e. The topological polar surface area (TPSA) is 59.0 Å². The highest BCUT2D eigenvalue weighted by molar-refractivity contribution is 6.42. The fourth-order valence-electron chi connectivity index (χ4n) is 2.43. The maximum atomic E-state index is 12.0. The van der Waals surface area contributed by atoms with Gasteiger partial charge in [-0.3, -0.25) is 4.79 Å². The molecule has 7 heteroatoms. The molecule has 0 aliphatic carbocycles. The molecule has 1 amide bonds. The highest BCUT2D eigenvalue weighted by Gasteiger charge is 2.07. The van der Waals surface area contributed by atoms with Crippen LogP contribution < -0.4 is 10.6 Å². The van der Waals surface area contributed by atoms with Gasteiger partial charge in [-0.1, -0.05) is 53.5 Å². The normalized spacial score (nSPS) is 10.7. The number of nitrogens with zero attached hydrogens (tertiary/aromatic N) is 2. The van der Waals surface area contributed by atoms with Crippen LogP contribution in [0.5, 0.6) is 0 Å². The molecular weight excluding hydrogens is 371 g/mol.